The van der Waals surface area contributed by atoms with Gasteiger partial charge in [0.05, 0.1) is 6.42 Å². The molecule has 25 heavy (non-hydrogen) atoms. The number of carboxylic acid groups (broad SMARTS) is 1. The normalized spacial score (nSPS) is 19.9. The van der Waals surface area contributed by atoms with E-state index in [1.54, 1.807) is 0 Å². The van der Waals surface area contributed by atoms with E-state index in [4.69, 9.17) is 0 Å². The molecule has 1 fully saturated rings. The third-order valence-electron chi connectivity index (χ3n) is 3.99. The summed E-state index contributed by atoms with van der Waals surface area (Å²) in [5.41, 5.74) is -4.78. The number of amides is 1. The molecule has 1 aliphatic rings. The molecule has 0 spiro atoms. The van der Waals surface area contributed by atoms with E-state index in [1.807, 2.05) is 0 Å². The third-order valence-corrected chi connectivity index (χ3v) is 6.09. The van der Waals surface area contributed by atoms with Crippen molar-refractivity contribution >= 4 is 35.0 Å². The Kier molecular flexibility index (Phi) is 5.69. The molecule has 1 unspecified atom stereocenters. The van der Waals surface area contributed by atoms with Crippen LogP contribution in [0.25, 0.3) is 0 Å². The number of aliphatic hydroxyl groups is 1. The van der Waals surface area contributed by atoms with E-state index in [2.05, 4.69) is 10.3 Å². The SMILES string of the molecule is Cc1csc(C(O)(CC(=O)NC2(C(=O)O)CCSCC2)C(F)(F)F)n1. The van der Waals surface area contributed by atoms with Crippen molar-refractivity contribution in [2.24, 2.45) is 0 Å². The van der Waals surface area contributed by atoms with Gasteiger partial charge in [-0.25, -0.2) is 9.78 Å². The van der Waals surface area contributed by atoms with Gasteiger partial charge in [-0.05, 0) is 31.3 Å². The van der Waals surface area contributed by atoms with Crippen LogP contribution < -0.4 is 5.32 Å². The van der Waals surface area contributed by atoms with Crippen LogP contribution in [0.1, 0.15) is 30.0 Å². The number of nitrogens with one attached hydrogen (secondary N) is 1. The molecule has 2 heterocycles. The van der Waals surface area contributed by atoms with Gasteiger partial charge >= 0.3 is 12.1 Å². The Balaban J connectivity index is 2.24. The highest BCUT2D eigenvalue weighted by Gasteiger charge is 2.58. The first-order valence-electron chi connectivity index (χ1n) is 7.34. The van der Waals surface area contributed by atoms with E-state index in [-0.39, 0.29) is 18.5 Å². The quantitative estimate of drug-likeness (QED) is 0.702. The number of thioether (sulfide) groups is 1. The van der Waals surface area contributed by atoms with E-state index in [0.29, 0.717) is 22.8 Å². The van der Waals surface area contributed by atoms with Crippen LogP contribution in [0.4, 0.5) is 13.2 Å². The molecule has 2 rings (SSSR count). The summed E-state index contributed by atoms with van der Waals surface area (Å²) in [6.07, 6.45) is -6.25. The number of rotatable bonds is 5. The number of carbonyl (C=O) groups excluding carboxylic acids is 1. The van der Waals surface area contributed by atoms with Crippen LogP contribution in [0.5, 0.6) is 0 Å². The van der Waals surface area contributed by atoms with Crippen molar-refractivity contribution < 1.29 is 33.0 Å². The Hall–Kier alpha value is -1.33. The summed E-state index contributed by atoms with van der Waals surface area (Å²) in [6.45, 7) is 1.47. The third kappa shape index (κ3) is 4.09. The summed E-state index contributed by atoms with van der Waals surface area (Å²) in [5.74, 6) is -1.52. The van der Waals surface area contributed by atoms with E-state index in [0.717, 1.165) is 0 Å². The minimum Gasteiger partial charge on any atom is -0.480 e. The second-order valence-corrected chi connectivity index (χ2v) is 7.96. The number of hydrogen-bond acceptors (Lipinski definition) is 6. The van der Waals surface area contributed by atoms with Crippen molar-refractivity contribution in [3.8, 4) is 0 Å². The second-order valence-electron chi connectivity index (χ2n) is 5.88. The number of carbonyl (C=O) groups is 2. The average molecular weight is 398 g/mol. The van der Waals surface area contributed by atoms with Gasteiger partial charge in [0.2, 0.25) is 11.5 Å². The zero-order chi connectivity index (χ0) is 18.9. The zero-order valence-electron chi connectivity index (χ0n) is 13.2. The largest absolute Gasteiger partial charge is 0.480 e. The highest BCUT2D eigenvalue weighted by atomic mass is 32.2. The fourth-order valence-electron chi connectivity index (χ4n) is 2.50. The molecular weight excluding hydrogens is 381 g/mol. The molecule has 3 N–H and O–H groups in total. The molecule has 0 bridgehead atoms. The van der Waals surface area contributed by atoms with Gasteiger partial charge in [0.15, 0.2) is 0 Å². The minimum absolute atomic E-state index is 0.111. The fraction of sp³-hybridized carbons (Fsp3) is 0.643. The van der Waals surface area contributed by atoms with Crippen molar-refractivity contribution in [1.82, 2.24) is 10.3 Å². The Morgan fingerprint density at radius 1 is 1.36 bits per heavy atom. The van der Waals surface area contributed by atoms with Crippen LogP contribution in [0, 0.1) is 6.92 Å². The van der Waals surface area contributed by atoms with Crippen molar-refractivity contribution in [1.29, 1.82) is 0 Å². The van der Waals surface area contributed by atoms with Gasteiger partial charge in [0.25, 0.3) is 0 Å². The molecule has 0 saturated carbocycles. The van der Waals surface area contributed by atoms with Gasteiger partial charge in [-0.2, -0.15) is 24.9 Å². The van der Waals surface area contributed by atoms with E-state index in [1.165, 1.54) is 24.1 Å². The molecular formula is C14H17F3N2O4S2. The topological polar surface area (TPSA) is 99.5 Å². The molecule has 1 atom stereocenters. The predicted octanol–water partition coefficient (Wildman–Crippen LogP) is 2.06. The van der Waals surface area contributed by atoms with Crippen LogP contribution >= 0.6 is 23.1 Å². The number of nitrogens with zero attached hydrogens (tertiary/aromatic N) is 1. The lowest BCUT2D eigenvalue weighted by atomic mass is 9.91. The molecule has 1 aliphatic heterocycles. The smallest absolute Gasteiger partial charge is 0.424 e. The van der Waals surface area contributed by atoms with Crippen molar-refractivity contribution in [2.45, 2.75) is 43.5 Å². The predicted molar refractivity (Wildman–Crippen MR) is 86.5 cm³/mol. The van der Waals surface area contributed by atoms with Crippen LogP contribution in [0.15, 0.2) is 5.38 Å². The lowest BCUT2D eigenvalue weighted by Crippen LogP contribution is -2.58. The van der Waals surface area contributed by atoms with E-state index in [9.17, 15) is 33.0 Å². The first-order chi connectivity index (χ1) is 11.5. The molecule has 0 radical (unpaired) electrons. The first-order valence-corrected chi connectivity index (χ1v) is 9.37. The maximum Gasteiger partial charge on any atom is 0.424 e. The van der Waals surface area contributed by atoms with Gasteiger partial charge < -0.3 is 15.5 Å². The maximum absolute atomic E-state index is 13.4. The monoisotopic (exact) mass is 398 g/mol. The molecule has 1 aromatic heterocycles. The number of alkyl halides is 3. The minimum atomic E-state index is -5.13. The van der Waals surface area contributed by atoms with Gasteiger partial charge in [0, 0.05) is 11.1 Å². The van der Waals surface area contributed by atoms with Crippen molar-refractivity contribution in [2.75, 3.05) is 11.5 Å². The van der Waals surface area contributed by atoms with Gasteiger partial charge in [-0.3, -0.25) is 4.79 Å². The zero-order valence-corrected chi connectivity index (χ0v) is 14.9. The van der Waals surface area contributed by atoms with Gasteiger partial charge in [-0.1, -0.05) is 0 Å². The molecule has 11 heteroatoms. The standard InChI is InChI=1S/C14H17F3N2O4S2/c1-8-7-25-10(18-8)13(23,14(15,16)17)6-9(20)19-12(11(21)22)2-4-24-5-3-12/h7,23H,2-6H2,1H3,(H,19,20)(H,21,22). The molecule has 6 nitrogen and oxygen atoms in total. The highest BCUT2D eigenvalue weighted by molar-refractivity contribution is 7.99. The number of aryl methyl sites for hydroxylation is 1. The summed E-state index contributed by atoms with van der Waals surface area (Å²) in [7, 11) is 0. The van der Waals surface area contributed by atoms with E-state index >= 15 is 0 Å². The number of halogens is 3. The molecule has 1 aromatic rings. The summed E-state index contributed by atoms with van der Waals surface area (Å²) < 4.78 is 40.2. The highest BCUT2D eigenvalue weighted by Crippen LogP contribution is 2.43. The van der Waals surface area contributed by atoms with Crippen LogP contribution in [-0.2, 0) is 15.2 Å². The number of aliphatic carboxylic acids is 1. The van der Waals surface area contributed by atoms with Gasteiger partial charge in [-0.15, -0.1) is 11.3 Å². The Morgan fingerprint density at radius 2 is 1.96 bits per heavy atom. The number of hydrogen-bond donors (Lipinski definition) is 3. The Morgan fingerprint density at radius 3 is 2.40 bits per heavy atom. The summed E-state index contributed by atoms with van der Waals surface area (Å²) in [6, 6.07) is 0. The number of carboxylic acids is 1. The second kappa shape index (κ2) is 7.12. The maximum atomic E-state index is 13.4. The Labute approximate surface area is 149 Å². The molecule has 140 valence electrons. The van der Waals surface area contributed by atoms with Crippen LogP contribution in [0.2, 0.25) is 0 Å². The fourth-order valence-corrected chi connectivity index (χ4v) is 4.60. The van der Waals surface area contributed by atoms with Gasteiger partial charge in [0.1, 0.15) is 10.5 Å². The first kappa shape index (κ1) is 20.0. The summed E-state index contributed by atoms with van der Waals surface area (Å²) in [5, 5.41) is 22.5. The van der Waals surface area contributed by atoms with Crippen molar-refractivity contribution in [3.63, 3.8) is 0 Å². The number of thiazole rings is 1. The lowest BCUT2D eigenvalue weighted by Gasteiger charge is -2.35. The number of aromatic nitrogens is 1. The molecule has 0 aromatic carbocycles. The van der Waals surface area contributed by atoms with Crippen LogP contribution in [0.3, 0.4) is 0 Å². The molecule has 0 aliphatic carbocycles. The average Bonchev–Trinajstić information content (AvgIpc) is 2.93. The summed E-state index contributed by atoms with van der Waals surface area (Å²) >= 11 is 2.10. The van der Waals surface area contributed by atoms with Crippen LogP contribution in [-0.4, -0.2) is 50.3 Å². The molecule has 1 saturated heterocycles. The lowest BCUT2D eigenvalue weighted by molar-refractivity contribution is -0.267. The summed E-state index contributed by atoms with van der Waals surface area (Å²) in [4.78, 5) is 27.4. The van der Waals surface area contributed by atoms with Crippen molar-refractivity contribution in [3.05, 3.63) is 16.1 Å². The Bertz CT molecular complexity index is 659. The molecule has 1 amide bonds. The van der Waals surface area contributed by atoms with E-state index < -0.39 is 40.6 Å².